The van der Waals surface area contributed by atoms with Gasteiger partial charge < -0.3 is 25.4 Å². The number of rotatable bonds is 6. The second kappa shape index (κ2) is 8.70. The number of fused-ring (bicyclic) bond motifs is 1. The number of aromatic carboxylic acids is 1. The number of pyridine rings is 1. The monoisotopic (exact) mass is 458 g/mol. The van der Waals surface area contributed by atoms with Crippen LogP contribution in [-0.2, 0) is 0 Å². The van der Waals surface area contributed by atoms with Crippen molar-refractivity contribution in [2.45, 2.75) is 50.5 Å². The third-order valence-corrected chi connectivity index (χ3v) is 5.76. The van der Waals surface area contributed by atoms with Gasteiger partial charge in [0.1, 0.15) is 23.3 Å². The van der Waals surface area contributed by atoms with Gasteiger partial charge in [0.15, 0.2) is 5.82 Å². The van der Waals surface area contributed by atoms with Crippen molar-refractivity contribution in [3.8, 4) is 0 Å². The van der Waals surface area contributed by atoms with Crippen LogP contribution in [0.25, 0.3) is 10.9 Å². The van der Waals surface area contributed by atoms with Crippen molar-refractivity contribution in [2.75, 3.05) is 18.0 Å². The third kappa shape index (κ3) is 4.25. The van der Waals surface area contributed by atoms with E-state index >= 15 is 4.39 Å². The largest absolute Gasteiger partial charge is 0.477 e. The molecule has 1 aliphatic carbocycles. The number of carboxylic acid groups (broad SMARTS) is 1. The van der Waals surface area contributed by atoms with Crippen LogP contribution in [0.15, 0.2) is 17.1 Å². The highest BCUT2D eigenvalue weighted by Crippen LogP contribution is 2.40. The number of hydrogen-bond donors (Lipinski definition) is 4. The number of hydrogen-bond acceptors (Lipinski definition) is 6. The summed E-state index contributed by atoms with van der Waals surface area (Å²) in [5, 5.41) is 21.9. The highest BCUT2D eigenvalue weighted by molar-refractivity contribution is 5.94. The number of halogens is 3. The minimum absolute atomic E-state index is 0. The Morgan fingerprint density at radius 3 is 2.58 bits per heavy atom. The Bertz CT molecular complexity index is 1070. The van der Waals surface area contributed by atoms with Crippen LogP contribution >= 0.6 is 12.4 Å². The Kier molecular flexibility index (Phi) is 6.56. The predicted octanol–water partition coefficient (Wildman–Crippen LogP) is 1.57. The van der Waals surface area contributed by atoms with Crippen molar-refractivity contribution in [2.24, 2.45) is 5.73 Å². The number of carbonyl (C=O) groups is 1. The molecule has 0 spiro atoms. The normalized spacial score (nSPS) is 20.5. The fourth-order valence-corrected chi connectivity index (χ4v) is 4.01. The van der Waals surface area contributed by atoms with Crippen LogP contribution in [-0.4, -0.2) is 52.2 Å². The fourth-order valence-electron chi connectivity index (χ4n) is 4.01. The van der Waals surface area contributed by atoms with E-state index in [0.717, 1.165) is 25.1 Å². The molecule has 2 aliphatic rings. The first-order valence-electron chi connectivity index (χ1n) is 9.93. The predicted molar refractivity (Wildman–Crippen MR) is 114 cm³/mol. The number of carboxylic acids is 1. The van der Waals surface area contributed by atoms with Crippen molar-refractivity contribution >= 4 is 35.0 Å². The maximum atomic E-state index is 15.6. The van der Waals surface area contributed by atoms with Crippen molar-refractivity contribution in [1.29, 1.82) is 0 Å². The van der Waals surface area contributed by atoms with E-state index in [4.69, 9.17) is 5.73 Å². The first-order valence-corrected chi connectivity index (χ1v) is 9.93. The molecule has 2 fully saturated rings. The smallest absolute Gasteiger partial charge is 0.341 e. The maximum absolute atomic E-state index is 15.6. The number of nitrogens with one attached hydrogen (secondary N) is 1. The lowest BCUT2D eigenvalue weighted by Crippen LogP contribution is -2.48. The molecule has 1 aliphatic heterocycles. The summed E-state index contributed by atoms with van der Waals surface area (Å²) in [5.74, 6) is -3.22. The lowest BCUT2D eigenvalue weighted by Gasteiger charge is -2.24. The molecule has 2 aromatic rings. The van der Waals surface area contributed by atoms with Gasteiger partial charge in [0, 0.05) is 37.4 Å². The highest BCUT2D eigenvalue weighted by Gasteiger charge is 2.33. The van der Waals surface area contributed by atoms with E-state index in [0.29, 0.717) is 13.0 Å². The van der Waals surface area contributed by atoms with E-state index in [9.17, 15) is 24.2 Å². The molecule has 0 amide bonds. The molecule has 0 radical (unpaired) electrons. The first kappa shape index (κ1) is 23.4. The van der Waals surface area contributed by atoms with Gasteiger partial charge in [0.25, 0.3) is 0 Å². The van der Waals surface area contributed by atoms with Crippen LogP contribution < -0.4 is 21.4 Å². The number of aliphatic hydroxyl groups excluding tert-OH is 1. The Morgan fingerprint density at radius 2 is 2.00 bits per heavy atom. The van der Waals surface area contributed by atoms with Crippen molar-refractivity contribution in [3.63, 3.8) is 0 Å². The molecular formula is C20H25ClF2N4O4. The Labute approximate surface area is 183 Å². The van der Waals surface area contributed by atoms with E-state index in [1.807, 2.05) is 0 Å². The van der Waals surface area contributed by atoms with Gasteiger partial charge in [-0.3, -0.25) is 10.1 Å². The van der Waals surface area contributed by atoms with Crippen LogP contribution in [0, 0.1) is 11.6 Å². The van der Waals surface area contributed by atoms with E-state index in [2.05, 4.69) is 5.32 Å². The zero-order valence-electron chi connectivity index (χ0n) is 16.8. The van der Waals surface area contributed by atoms with Crippen molar-refractivity contribution in [1.82, 2.24) is 9.88 Å². The average molecular weight is 459 g/mol. The SMILES string of the molecule is CC(N)C(O)NC1CCN(c2c(F)cc3c(=O)c(C(=O)O)cn(C4CC4)c3c2F)C1.Cl. The number of benzene rings is 1. The fraction of sp³-hybridized carbons (Fsp3) is 0.500. The van der Waals surface area contributed by atoms with Gasteiger partial charge in [0.2, 0.25) is 5.43 Å². The molecule has 1 aromatic heterocycles. The number of aliphatic hydroxyl groups is 1. The summed E-state index contributed by atoms with van der Waals surface area (Å²) in [4.78, 5) is 25.5. The Balaban J connectivity index is 0.00000272. The molecule has 11 heteroatoms. The summed E-state index contributed by atoms with van der Waals surface area (Å²) >= 11 is 0. The van der Waals surface area contributed by atoms with E-state index in [1.54, 1.807) is 6.92 Å². The van der Waals surface area contributed by atoms with Crippen molar-refractivity contribution < 1.29 is 23.8 Å². The minimum atomic E-state index is -1.43. The van der Waals surface area contributed by atoms with E-state index in [1.165, 1.54) is 9.47 Å². The topological polar surface area (TPSA) is 121 Å². The first-order chi connectivity index (χ1) is 14.2. The summed E-state index contributed by atoms with van der Waals surface area (Å²) in [6.45, 7) is 2.25. The van der Waals surface area contributed by atoms with Gasteiger partial charge in [-0.2, -0.15) is 0 Å². The number of nitrogens with zero attached hydrogens (tertiary/aromatic N) is 2. The van der Waals surface area contributed by atoms with Gasteiger partial charge in [0.05, 0.1) is 10.9 Å². The van der Waals surface area contributed by atoms with Crippen LogP contribution in [0.3, 0.4) is 0 Å². The number of aromatic nitrogens is 1. The summed E-state index contributed by atoms with van der Waals surface area (Å²) < 4.78 is 32.0. The van der Waals surface area contributed by atoms with Crippen LogP contribution in [0.1, 0.15) is 42.6 Å². The molecule has 1 saturated heterocycles. The molecule has 8 nitrogen and oxygen atoms in total. The second-order valence-electron chi connectivity index (χ2n) is 8.13. The van der Waals surface area contributed by atoms with E-state index < -0.39 is 40.9 Å². The number of nitrogens with two attached hydrogens (primary N) is 1. The molecule has 4 rings (SSSR count). The van der Waals surface area contributed by atoms with Gasteiger partial charge in [-0.1, -0.05) is 0 Å². The zero-order valence-corrected chi connectivity index (χ0v) is 17.7. The van der Waals surface area contributed by atoms with Gasteiger partial charge >= 0.3 is 5.97 Å². The molecule has 1 aromatic carbocycles. The quantitative estimate of drug-likeness (QED) is 0.485. The van der Waals surface area contributed by atoms with Crippen molar-refractivity contribution in [3.05, 3.63) is 39.7 Å². The summed E-state index contributed by atoms with van der Waals surface area (Å²) in [6.07, 6.45) is 2.23. The standard InChI is InChI=1S/C20H24F2N4O4.ClH/c1-9(23)19(28)24-10-4-5-25(7-10)17-14(21)6-12-16(15(17)22)26(11-2-3-11)8-13(18(12)27)20(29)30;/h6,8-11,19,24,28H,2-5,7,23H2,1H3,(H,29,30);1H. The van der Waals surface area contributed by atoms with Crippen LogP contribution in [0.5, 0.6) is 0 Å². The van der Waals surface area contributed by atoms with Gasteiger partial charge in [-0.25, -0.2) is 13.6 Å². The van der Waals surface area contributed by atoms with Crippen LogP contribution in [0.2, 0.25) is 0 Å². The maximum Gasteiger partial charge on any atom is 0.341 e. The average Bonchev–Trinajstić information content (AvgIpc) is 3.42. The van der Waals surface area contributed by atoms with Gasteiger partial charge in [-0.15, -0.1) is 12.4 Å². The number of anilines is 1. The van der Waals surface area contributed by atoms with Crippen LogP contribution in [0.4, 0.5) is 14.5 Å². The Morgan fingerprint density at radius 1 is 1.32 bits per heavy atom. The van der Waals surface area contributed by atoms with E-state index in [-0.39, 0.29) is 47.6 Å². The molecule has 0 bridgehead atoms. The molecule has 1 saturated carbocycles. The molecule has 5 N–H and O–H groups in total. The summed E-state index contributed by atoms with van der Waals surface area (Å²) in [7, 11) is 0. The lowest BCUT2D eigenvalue weighted by molar-refractivity contribution is 0.0694. The summed E-state index contributed by atoms with van der Waals surface area (Å²) in [5.41, 5.74) is 3.92. The summed E-state index contributed by atoms with van der Waals surface area (Å²) in [6, 6.07) is 0.109. The van der Waals surface area contributed by atoms with Gasteiger partial charge in [-0.05, 0) is 32.3 Å². The Hall–Kier alpha value is -2.27. The zero-order chi connectivity index (χ0) is 21.7. The third-order valence-electron chi connectivity index (χ3n) is 5.76. The molecule has 3 atom stereocenters. The molecular weight excluding hydrogens is 434 g/mol. The molecule has 3 unspecified atom stereocenters. The molecule has 170 valence electrons. The lowest BCUT2D eigenvalue weighted by atomic mass is 10.1. The minimum Gasteiger partial charge on any atom is -0.477 e. The second-order valence-corrected chi connectivity index (χ2v) is 8.13. The molecule has 31 heavy (non-hydrogen) atoms. The highest BCUT2D eigenvalue weighted by atomic mass is 35.5. The molecule has 2 heterocycles.